The van der Waals surface area contributed by atoms with E-state index in [0.717, 1.165) is 5.56 Å². The van der Waals surface area contributed by atoms with Gasteiger partial charge in [-0.25, -0.2) is 22.9 Å². The number of hydrogen-bond acceptors (Lipinski definition) is 6. The first-order chi connectivity index (χ1) is 14.4. The molecule has 1 atom stereocenters. The van der Waals surface area contributed by atoms with Crippen LogP contribution in [0.3, 0.4) is 0 Å². The molecule has 0 spiro atoms. The minimum Gasteiger partial charge on any atom is -0.477 e. The summed E-state index contributed by atoms with van der Waals surface area (Å²) in [6, 6.07) is 2.91. The lowest BCUT2D eigenvalue weighted by Gasteiger charge is -2.18. The molecule has 2 heterocycles. The van der Waals surface area contributed by atoms with Crippen molar-refractivity contribution in [2.75, 3.05) is 25.4 Å². The Bertz CT molecular complexity index is 857. The number of nitrogens with zero attached hydrogens (tertiary/aromatic N) is 2. The van der Waals surface area contributed by atoms with Gasteiger partial charge in [0.25, 0.3) is 0 Å². The van der Waals surface area contributed by atoms with E-state index in [-0.39, 0.29) is 30.3 Å². The lowest BCUT2D eigenvalue weighted by Crippen LogP contribution is -2.31. The number of sulfonamides is 1. The molecule has 1 aliphatic carbocycles. The normalized spacial score (nSPS) is 17.8. The van der Waals surface area contributed by atoms with Crippen LogP contribution < -0.4 is 14.8 Å². The number of ether oxygens (including phenoxy) is 1. The van der Waals surface area contributed by atoms with Crippen molar-refractivity contribution in [3.63, 3.8) is 0 Å². The molecule has 1 aliphatic heterocycles. The Balaban J connectivity index is 1.43. The second-order valence-electron chi connectivity index (χ2n) is 7.91. The number of hydrogen-bond donors (Lipinski definition) is 2. The van der Waals surface area contributed by atoms with Gasteiger partial charge in [-0.15, -0.1) is 0 Å². The fraction of sp³-hybridized carbons (Fsp3) is 0.650. The third-order valence-electron chi connectivity index (χ3n) is 5.26. The maximum Gasteiger partial charge on any atom is 0.324 e. The molecule has 3 amide bonds. The SMILES string of the molecule is CC[C@@H](NS(=O)(=O)CCCCCN1CC(=O)NC1=O)c1ccnc(OCC2CC2)c1. The van der Waals surface area contributed by atoms with E-state index >= 15 is 0 Å². The fourth-order valence-corrected chi connectivity index (χ4v) is 4.74. The summed E-state index contributed by atoms with van der Waals surface area (Å²) < 4.78 is 33.5. The minimum atomic E-state index is -3.45. The number of aromatic nitrogens is 1. The molecule has 2 N–H and O–H groups in total. The standard InChI is InChI=1S/C20H30N4O5S/c1-2-17(16-8-9-21-19(12-16)29-14-15-6-7-15)23-30(27,28)11-5-3-4-10-24-13-18(25)22-20(24)26/h8-9,12,15,17,23H,2-7,10-11,13-14H2,1H3,(H,22,25,26)/t17-/m1/s1. The third kappa shape index (κ3) is 6.94. The maximum atomic E-state index is 12.5. The monoisotopic (exact) mass is 438 g/mol. The summed E-state index contributed by atoms with van der Waals surface area (Å²) in [6.07, 6.45) is 6.45. The Morgan fingerprint density at radius 1 is 1.30 bits per heavy atom. The van der Waals surface area contributed by atoms with Gasteiger partial charge >= 0.3 is 6.03 Å². The average Bonchev–Trinajstić information content (AvgIpc) is 3.48. The van der Waals surface area contributed by atoms with Crippen molar-refractivity contribution in [3.8, 4) is 5.88 Å². The molecule has 1 aromatic heterocycles. The van der Waals surface area contributed by atoms with Crippen LogP contribution in [-0.2, 0) is 14.8 Å². The Morgan fingerprint density at radius 3 is 2.77 bits per heavy atom. The van der Waals surface area contributed by atoms with Gasteiger partial charge in [0.05, 0.1) is 12.4 Å². The zero-order chi connectivity index (χ0) is 21.6. The van der Waals surface area contributed by atoms with Crippen LogP contribution in [0, 0.1) is 5.92 Å². The van der Waals surface area contributed by atoms with Gasteiger partial charge < -0.3 is 9.64 Å². The number of rotatable bonds is 13. The molecular formula is C20H30N4O5S. The second kappa shape index (κ2) is 10.2. The molecule has 1 saturated carbocycles. The van der Waals surface area contributed by atoms with E-state index in [2.05, 4.69) is 15.0 Å². The van der Waals surface area contributed by atoms with Crippen molar-refractivity contribution in [1.29, 1.82) is 0 Å². The van der Waals surface area contributed by atoms with E-state index in [1.54, 1.807) is 12.3 Å². The van der Waals surface area contributed by atoms with Crippen LogP contribution in [0.15, 0.2) is 18.3 Å². The van der Waals surface area contributed by atoms with Crippen molar-refractivity contribution >= 4 is 22.0 Å². The number of amides is 3. The molecule has 1 saturated heterocycles. The van der Waals surface area contributed by atoms with Crippen molar-refractivity contribution in [2.45, 2.75) is 51.5 Å². The van der Waals surface area contributed by atoms with E-state index in [1.807, 2.05) is 13.0 Å². The van der Waals surface area contributed by atoms with Gasteiger partial charge in [0.15, 0.2) is 0 Å². The van der Waals surface area contributed by atoms with E-state index in [0.29, 0.717) is 50.6 Å². The number of imide groups is 1. The zero-order valence-electron chi connectivity index (χ0n) is 17.3. The summed E-state index contributed by atoms with van der Waals surface area (Å²) in [4.78, 5) is 28.3. The van der Waals surface area contributed by atoms with Crippen molar-refractivity contribution in [1.82, 2.24) is 19.9 Å². The van der Waals surface area contributed by atoms with Gasteiger partial charge in [0.2, 0.25) is 21.8 Å². The van der Waals surface area contributed by atoms with Gasteiger partial charge in [-0.2, -0.15) is 0 Å². The summed E-state index contributed by atoms with van der Waals surface area (Å²) in [5, 5.41) is 2.22. The molecule has 0 bridgehead atoms. The Morgan fingerprint density at radius 2 is 2.10 bits per heavy atom. The number of carbonyl (C=O) groups excluding carboxylic acids is 2. The van der Waals surface area contributed by atoms with Gasteiger partial charge in [-0.3, -0.25) is 10.1 Å². The van der Waals surface area contributed by atoms with Crippen LogP contribution in [0.5, 0.6) is 5.88 Å². The molecule has 0 unspecified atom stereocenters. The first kappa shape index (κ1) is 22.5. The van der Waals surface area contributed by atoms with Crippen LogP contribution in [-0.4, -0.2) is 55.7 Å². The molecule has 10 heteroatoms. The molecular weight excluding hydrogens is 408 g/mol. The molecule has 2 aliphatic rings. The number of urea groups is 1. The second-order valence-corrected chi connectivity index (χ2v) is 9.79. The highest BCUT2D eigenvalue weighted by atomic mass is 32.2. The minimum absolute atomic E-state index is 0.0186. The Labute approximate surface area is 177 Å². The van der Waals surface area contributed by atoms with Crippen LogP contribution in [0.1, 0.15) is 57.1 Å². The molecule has 166 valence electrons. The number of nitrogens with one attached hydrogen (secondary N) is 2. The number of carbonyl (C=O) groups is 2. The van der Waals surface area contributed by atoms with Crippen LogP contribution in [0.25, 0.3) is 0 Å². The van der Waals surface area contributed by atoms with E-state index in [4.69, 9.17) is 4.74 Å². The maximum absolute atomic E-state index is 12.5. The summed E-state index contributed by atoms with van der Waals surface area (Å²) in [5.74, 6) is 0.873. The molecule has 30 heavy (non-hydrogen) atoms. The average molecular weight is 439 g/mol. The first-order valence-corrected chi connectivity index (χ1v) is 12.2. The predicted octanol–water partition coefficient (Wildman–Crippen LogP) is 1.96. The van der Waals surface area contributed by atoms with E-state index in [1.165, 1.54) is 17.7 Å². The molecule has 1 aromatic rings. The first-order valence-electron chi connectivity index (χ1n) is 10.5. The summed E-state index contributed by atoms with van der Waals surface area (Å²) >= 11 is 0. The highest BCUT2D eigenvalue weighted by molar-refractivity contribution is 7.89. The molecule has 2 fully saturated rings. The zero-order valence-corrected chi connectivity index (χ0v) is 18.1. The molecule has 9 nitrogen and oxygen atoms in total. The summed E-state index contributed by atoms with van der Waals surface area (Å²) in [7, 11) is -3.45. The highest BCUT2D eigenvalue weighted by Crippen LogP contribution is 2.29. The van der Waals surface area contributed by atoms with Gasteiger partial charge in [-0.1, -0.05) is 13.3 Å². The molecule has 0 radical (unpaired) electrons. The van der Waals surface area contributed by atoms with Crippen molar-refractivity contribution in [3.05, 3.63) is 23.9 Å². The van der Waals surface area contributed by atoms with E-state index < -0.39 is 10.0 Å². The van der Waals surface area contributed by atoms with Crippen molar-refractivity contribution in [2.24, 2.45) is 5.92 Å². The summed E-state index contributed by atoms with van der Waals surface area (Å²) in [6.45, 7) is 3.12. The molecule has 3 rings (SSSR count). The largest absolute Gasteiger partial charge is 0.477 e. The van der Waals surface area contributed by atoms with Gasteiger partial charge in [0.1, 0.15) is 6.54 Å². The van der Waals surface area contributed by atoms with Crippen LogP contribution in [0.2, 0.25) is 0 Å². The van der Waals surface area contributed by atoms with Crippen LogP contribution >= 0.6 is 0 Å². The lowest BCUT2D eigenvalue weighted by atomic mass is 10.1. The van der Waals surface area contributed by atoms with Gasteiger partial charge in [0, 0.05) is 24.8 Å². The quantitative estimate of drug-likeness (QED) is 0.359. The predicted molar refractivity (Wildman–Crippen MR) is 111 cm³/mol. The Hall–Kier alpha value is -2.20. The lowest BCUT2D eigenvalue weighted by molar-refractivity contribution is -0.118. The fourth-order valence-electron chi connectivity index (χ4n) is 3.31. The highest BCUT2D eigenvalue weighted by Gasteiger charge is 2.26. The summed E-state index contributed by atoms with van der Waals surface area (Å²) in [5.41, 5.74) is 0.839. The van der Waals surface area contributed by atoms with Crippen molar-refractivity contribution < 1.29 is 22.7 Å². The Kier molecular flexibility index (Phi) is 7.65. The molecule has 0 aromatic carbocycles. The number of unbranched alkanes of at least 4 members (excludes halogenated alkanes) is 2. The third-order valence-corrected chi connectivity index (χ3v) is 6.73. The number of pyridine rings is 1. The smallest absolute Gasteiger partial charge is 0.324 e. The van der Waals surface area contributed by atoms with Crippen LogP contribution in [0.4, 0.5) is 4.79 Å². The topological polar surface area (TPSA) is 118 Å². The van der Waals surface area contributed by atoms with Gasteiger partial charge in [-0.05, 0) is 49.7 Å². The van der Waals surface area contributed by atoms with E-state index in [9.17, 15) is 18.0 Å².